The fraction of sp³-hybridized carbons (Fsp3) is 0.571. The van der Waals surface area contributed by atoms with Crippen molar-refractivity contribution >= 4 is 23.2 Å². The lowest BCUT2D eigenvalue weighted by Gasteiger charge is -2.29. The Morgan fingerprint density at radius 3 is 3.00 bits per heavy atom. The van der Waals surface area contributed by atoms with Crippen LogP contribution in [0.3, 0.4) is 0 Å². The van der Waals surface area contributed by atoms with Crippen LogP contribution < -0.4 is 5.32 Å². The highest BCUT2D eigenvalue weighted by Crippen LogP contribution is 2.17. The van der Waals surface area contributed by atoms with Crippen LogP contribution in [-0.2, 0) is 16.1 Å². The summed E-state index contributed by atoms with van der Waals surface area (Å²) in [5, 5.41) is 13.9. The Bertz CT molecular complexity index is 487. The van der Waals surface area contributed by atoms with E-state index < -0.39 is 5.97 Å². The van der Waals surface area contributed by atoms with Crippen molar-refractivity contribution in [3.05, 3.63) is 21.9 Å². The van der Waals surface area contributed by atoms with Gasteiger partial charge in [0.25, 0.3) is 0 Å². The Labute approximate surface area is 122 Å². The molecule has 0 aliphatic carbocycles. The second kappa shape index (κ2) is 6.85. The molecule has 1 aromatic heterocycles. The summed E-state index contributed by atoms with van der Waals surface area (Å²) < 4.78 is 0. The molecule has 1 atom stereocenters. The number of carbonyl (C=O) groups excluding carboxylic acids is 1. The van der Waals surface area contributed by atoms with E-state index in [-0.39, 0.29) is 18.4 Å². The standard InChI is InChI=1S/C14H20N2O3S/c1-10-4-6-20-12(10)7-15-13(17)9-16-5-2-3-11(8-16)14(18)19/h4,6,11H,2-3,5,7-9H2,1H3,(H,15,17)(H,18,19). The van der Waals surface area contributed by atoms with Gasteiger partial charge in [-0.15, -0.1) is 11.3 Å². The summed E-state index contributed by atoms with van der Waals surface area (Å²) in [7, 11) is 0. The smallest absolute Gasteiger partial charge is 0.307 e. The largest absolute Gasteiger partial charge is 0.481 e. The topological polar surface area (TPSA) is 69.6 Å². The number of aliphatic carboxylic acids is 1. The van der Waals surface area contributed by atoms with Crippen LogP contribution in [0.1, 0.15) is 23.3 Å². The van der Waals surface area contributed by atoms with Gasteiger partial charge in [0, 0.05) is 11.4 Å². The number of carbonyl (C=O) groups is 2. The Balaban J connectivity index is 1.76. The lowest BCUT2D eigenvalue weighted by molar-refractivity contribution is -0.144. The Kier molecular flexibility index (Phi) is 5.14. The third-order valence-corrected chi connectivity index (χ3v) is 4.66. The Hall–Kier alpha value is -1.40. The third-order valence-electron chi connectivity index (χ3n) is 3.64. The molecule has 1 aliphatic heterocycles. The average Bonchev–Trinajstić information content (AvgIpc) is 2.82. The zero-order valence-corrected chi connectivity index (χ0v) is 12.4. The average molecular weight is 296 g/mol. The molecule has 0 spiro atoms. The van der Waals surface area contributed by atoms with Crippen molar-refractivity contribution in [3.63, 3.8) is 0 Å². The number of thiophene rings is 1. The van der Waals surface area contributed by atoms with Crippen LogP contribution in [0.2, 0.25) is 0 Å². The van der Waals surface area contributed by atoms with E-state index in [4.69, 9.17) is 5.11 Å². The zero-order chi connectivity index (χ0) is 14.5. The van der Waals surface area contributed by atoms with E-state index in [2.05, 4.69) is 5.32 Å². The predicted molar refractivity (Wildman–Crippen MR) is 77.7 cm³/mol. The maximum Gasteiger partial charge on any atom is 0.307 e. The van der Waals surface area contributed by atoms with Gasteiger partial charge in [0.1, 0.15) is 0 Å². The van der Waals surface area contributed by atoms with Crippen molar-refractivity contribution in [1.29, 1.82) is 0 Å². The molecular formula is C14H20N2O3S. The molecule has 1 fully saturated rings. The van der Waals surface area contributed by atoms with E-state index in [1.165, 1.54) is 10.4 Å². The normalized spacial score (nSPS) is 19.8. The first-order chi connectivity index (χ1) is 9.56. The van der Waals surface area contributed by atoms with Crippen molar-refractivity contribution < 1.29 is 14.7 Å². The number of aryl methyl sites for hydroxylation is 1. The first kappa shape index (κ1) is 15.0. The molecule has 1 unspecified atom stereocenters. The molecule has 0 bridgehead atoms. The molecule has 5 nitrogen and oxygen atoms in total. The van der Waals surface area contributed by atoms with Crippen LogP contribution in [0, 0.1) is 12.8 Å². The van der Waals surface area contributed by atoms with E-state index in [9.17, 15) is 9.59 Å². The van der Waals surface area contributed by atoms with Crippen molar-refractivity contribution in [1.82, 2.24) is 10.2 Å². The molecule has 1 saturated heterocycles. The van der Waals surface area contributed by atoms with Crippen molar-refractivity contribution in [2.75, 3.05) is 19.6 Å². The summed E-state index contributed by atoms with van der Waals surface area (Å²) in [5.74, 6) is -1.13. The molecule has 2 N–H and O–H groups in total. The molecular weight excluding hydrogens is 276 g/mol. The summed E-state index contributed by atoms with van der Waals surface area (Å²) in [6.07, 6.45) is 1.55. The molecule has 1 aliphatic rings. The second-order valence-corrected chi connectivity index (χ2v) is 6.22. The van der Waals surface area contributed by atoms with Crippen LogP contribution in [0.25, 0.3) is 0 Å². The van der Waals surface area contributed by atoms with Gasteiger partial charge < -0.3 is 10.4 Å². The summed E-state index contributed by atoms with van der Waals surface area (Å²) in [5.41, 5.74) is 1.19. The van der Waals surface area contributed by atoms with Crippen molar-refractivity contribution in [2.24, 2.45) is 5.92 Å². The lowest BCUT2D eigenvalue weighted by Crippen LogP contribution is -2.44. The van der Waals surface area contributed by atoms with Gasteiger partial charge in [-0.1, -0.05) is 0 Å². The third kappa shape index (κ3) is 4.05. The summed E-state index contributed by atoms with van der Waals surface area (Å²) in [6.45, 7) is 4.14. The highest BCUT2D eigenvalue weighted by molar-refractivity contribution is 7.10. The maximum atomic E-state index is 11.9. The van der Waals surface area contributed by atoms with E-state index in [0.717, 1.165) is 13.0 Å². The molecule has 1 amide bonds. The number of carboxylic acid groups (broad SMARTS) is 1. The predicted octanol–water partition coefficient (Wildman–Crippen LogP) is 1.47. The SMILES string of the molecule is Cc1ccsc1CNC(=O)CN1CCCC(C(=O)O)C1. The number of hydrogen-bond acceptors (Lipinski definition) is 4. The van der Waals surface area contributed by atoms with E-state index in [1.807, 2.05) is 23.3 Å². The maximum absolute atomic E-state index is 11.9. The second-order valence-electron chi connectivity index (χ2n) is 5.22. The molecule has 0 radical (unpaired) electrons. The van der Waals surface area contributed by atoms with Crippen LogP contribution in [0.4, 0.5) is 0 Å². The minimum absolute atomic E-state index is 0.0381. The number of carboxylic acids is 1. The lowest BCUT2D eigenvalue weighted by atomic mass is 9.98. The molecule has 2 heterocycles. The number of nitrogens with one attached hydrogen (secondary N) is 1. The Morgan fingerprint density at radius 2 is 2.35 bits per heavy atom. The quantitative estimate of drug-likeness (QED) is 0.863. The molecule has 0 aromatic carbocycles. The highest BCUT2D eigenvalue weighted by Gasteiger charge is 2.26. The number of nitrogens with zero attached hydrogens (tertiary/aromatic N) is 1. The molecule has 0 saturated carbocycles. The fourth-order valence-electron chi connectivity index (χ4n) is 2.42. The zero-order valence-electron chi connectivity index (χ0n) is 11.6. The van der Waals surface area contributed by atoms with E-state index >= 15 is 0 Å². The minimum Gasteiger partial charge on any atom is -0.481 e. The van der Waals surface area contributed by atoms with Crippen molar-refractivity contribution in [3.8, 4) is 0 Å². The molecule has 6 heteroatoms. The van der Waals surface area contributed by atoms with E-state index in [0.29, 0.717) is 19.5 Å². The number of rotatable bonds is 5. The molecule has 2 rings (SSSR count). The van der Waals surface area contributed by atoms with Gasteiger partial charge in [-0.25, -0.2) is 0 Å². The van der Waals surface area contributed by atoms with E-state index in [1.54, 1.807) is 11.3 Å². The number of hydrogen-bond donors (Lipinski definition) is 2. The van der Waals surface area contributed by atoms with Gasteiger partial charge in [0.15, 0.2) is 0 Å². The van der Waals surface area contributed by atoms with Gasteiger partial charge in [0.2, 0.25) is 5.91 Å². The molecule has 20 heavy (non-hydrogen) atoms. The minimum atomic E-state index is -0.760. The first-order valence-electron chi connectivity index (χ1n) is 6.81. The Morgan fingerprint density at radius 1 is 1.55 bits per heavy atom. The summed E-state index contributed by atoms with van der Waals surface area (Å²) in [6, 6.07) is 2.04. The van der Waals surface area contributed by atoms with Crippen LogP contribution in [0.5, 0.6) is 0 Å². The number of amides is 1. The number of likely N-dealkylation sites (tertiary alicyclic amines) is 1. The molecule has 110 valence electrons. The van der Waals surface area contributed by atoms with Gasteiger partial charge in [-0.05, 0) is 43.3 Å². The van der Waals surface area contributed by atoms with Crippen LogP contribution in [-0.4, -0.2) is 41.5 Å². The van der Waals surface area contributed by atoms with Crippen LogP contribution in [0.15, 0.2) is 11.4 Å². The van der Waals surface area contributed by atoms with Crippen LogP contribution >= 0.6 is 11.3 Å². The number of piperidine rings is 1. The first-order valence-corrected chi connectivity index (χ1v) is 7.69. The van der Waals surface area contributed by atoms with Crippen molar-refractivity contribution in [2.45, 2.75) is 26.3 Å². The van der Waals surface area contributed by atoms with Gasteiger partial charge in [0.05, 0.1) is 19.0 Å². The fourth-order valence-corrected chi connectivity index (χ4v) is 3.27. The van der Waals surface area contributed by atoms with Gasteiger partial charge in [-0.3, -0.25) is 14.5 Å². The monoisotopic (exact) mass is 296 g/mol. The highest BCUT2D eigenvalue weighted by atomic mass is 32.1. The molecule has 1 aromatic rings. The van der Waals surface area contributed by atoms with Gasteiger partial charge >= 0.3 is 5.97 Å². The summed E-state index contributed by atoms with van der Waals surface area (Å²) in [4.78, 5) is 26.0. The van der Waals surface area contributed by atoms with Gasteiger partial charge in [-0.2, -0.15) is 0 Å². The summed E-state index contributed by atoms with van der Waals surface area (Å²) >= 11 is 1.64.